The first-order valence-corrected chi connectivity index (χ1v) is 6.14. The highest BCUT2D eigenvalue weighted by Crippen LogP contribution is 2.30. The largest absolute Gasteiger partial charge is 0.361 e. The summed E-state index contributed by atoms with van der Waals surface area (Å²) >= 11 is 1.76. The molecule has 0 aliphatic heterocycles. The molecule has 1 aromatic carbocycles. The average molecular weight is 220 g/mol. The number of hydrogen-bond acceptors (Lipinski definition) is 3. The van der Waals surface area contributed by atoms with Gasteiger partial charge in [-0.15, -0.1) is 0 Å². The van der Waals surface area contributed by atoms with E-state index in [4.69, 9.17) is 0 Å². The van der Waals surface area contributed by atoms with Crippen molar-refractivity contribution in [2.75, 3.05) is 11.9 Å². The Morgan fingerprint density at radius 1 is 1.27 bits per heavy atom. The molecule has 0 bridgehead atoms. The van der Waals surface area contributed by atoms with E-state index >= 15 is 0 Å². The minimum atomic E-state index is 0.998. The van der Waals surface area contributed by atoms with Crippen LogP contribution in [0.5, 0.6) is 0 Å². The molecular formula is C12H16N2S. The highest BCUT2D eigenvalue weighted by molar-refractivity contribution is 7.22. The van der Waals surface area contributed by atoms with Crippen LogP contribution >= 0.6 is 11.3 Å². The minimum Gasteiger partial charge on any atom is -0.361 e. The molecule has 0 aliphatic rings. The number of fused-ring (bicyclic) bond motifs is 1. The van der Waals surface area contributed by atoms with Crippen molar-refractivity contribution < 1.29 is 0 Å². The molecule has 2 rings (SSSR count). The summed E-state index contributed by atoms with van der Waals surface area (Å²) in [5, 5.41) is 4.39. The third-order valence-corrected chi connectivity index (χ3v) is 3.62. The fourth-order valence-corrected chi connectivity index (χ4v) is 2.60. The van der Waals surface area contributed by atoms with Crippen molar-refractivity contribution in [1.82, 2.24) is 4.98 Å². The Balaban J connectivity index is 2.45. The molecule has 2 aromatic rings. The molecule has 80 valence electrons. The third kappa shape index (κ3) is 1.97. The molecule has 0 aliphatic carbocycles. The van der Waals surface area contributed by atoms with E-state index in [9.17, 15) is 0 Å². The summed E-state index contributed by atoms with van der Waals surface area (Å²) in [7, 11) is 0. The summed E-state index contributed by atoms with van der Waals surface area (Å²) < 4.78 is 1.31. The number of nitrogens with zero attached hydrogens (tertiary/aromatic N) is 1. The van der Waals surface area contributed by atoms with Gasteiger partial charge in [0.2, 0.25) is 0 Å². The number of aromatic nitrogens is 1. The lowest BCUT2D eigenvalue weighted by Crippen LogP contribution is -1.98. The zero-order valence-electron chi connectivity index (χ0n) is 9.42. The monoisotopic (exact) mass is 220 g/mol. The van der Waals surface area contributed by atoms with E-state index in [1.54, 1.807) is 11.3 Å². The first-order valence-electron chi connectivity index (χ1n) is 5.33. The SMILES string of the molecule is CCCNc1nc2c(C)ccc(C)c2s1. The van der Waals surface area contributed by atoms with E-state index in [1.807, 2.05) is 0 Å². The Kier molecular flexibility index (Phi) is 2.91. The number of hydrogen-bond donors (Lipinski definition) is 1. The normalized spacial score (nSPS) is 10.9. The molecule has 1 heterocycles. The van der Waals surface area contributed by atoms with Gasteiger partial charge in [-0.25, -0.2) is 4.98 Å². The van der Waals surface area contributed by atoms with E-state index in [-0.39, 0.29) is 0 Å². The quantitative estimate of drug-likeness (QED) is 0.852. The molecule has 3 heteroatoms. The minimum absolute atomic E-state index is 0.998. The van der Waals surface area contributed by atoms with Gasteiger partial charge in [-0.2, -0.15) is 0 Å². The van der Waals surface area contributed by atoms with E-state index < -0.39 is 0 Å². The lowest BCUT2D eigenvalue weighted by molar-refractivity contribution is 0.977. The van der Waals surface area contributed by atoms with E-state index in [1.165, 1.54) is 15.8 Å². The Morgan fingerprint density at radius 2 is 2.00 bits per heavy atom. The fraction of sp³-hybridized carbons (Fsp3) is 0.417. The summed E-state index contributed by atoms with van der Waals surface area (Å²) in [6.45, 7) is 7.42. The Morgan fingerprint density at radius 3 is 2.67 bits per heavy atom. The van der Waals surface area contributed by atoms with Gasteiger partial charge < -0.3 is 5.32 Å². The lowest BCUT2D eigenvalue weighted by Gasteiger charge is -1.96. The molecule has 0 radical (unpaired) electrons. The van der Waals surface area contributed by atoms with Crippen molar-refractivity contribution >= 4 is 26.7 Å². The van der Waals surface area contributed by atoms with Gasteiger partial charge in [0.05, 0.1) is 10.2 Å². The van der Waals surface area contributed by atoms with E-state index in [2.05, 4.69) is 43.2 Å². The van der Waals surface area contributed by atoms with Crippen molar-refractivity contribution in [3.8, 4) is 0 Å². The van der Waals surface area contributed by atoms with E-state index in [0.29, 0.717) is 0 Å². The third-order valence-electron chi connectivity index (χ3n) is 2.47. The van der Waals surface area contributed by atoms with Crippen molar-refractivity contribution in [2.45, 2.75) is 27.2 Å². The molecule has 0 amide bonds. The van der Waals surface area contributed by atoms with Gasteiger partial charge in [0.15, 0.2) is 5.13 Å². The Labute approximate surface area is 94.3 Å². The van der Waals surface area contributed by atoms with Crippen LogP contribution in [0.3, 0.4) is 0 Å². The predicted octanol–water partition coefficient (Wildman–Crippen LogP) is 3.74. The molecule has 0 atom stereocenters. The van der Waals surface area contributed by atoms with Gasteiger partial charge in [-0.3, -0.25) is 0 Å². The highest BCUT2D eigenvalue weighted by atomic mass is 32.1. The first-order chi connectivity index (χ1) is 7.22. The molecule has 2 nitrogen and oxygen atoms in total. The number of benzene rings is 1. The van der Waals surface area contributed by atoms with Crippen LogP contribution in [0.15, 0.2) is 12.1 Å². The summed E-state index contributed by atoms with van der Waals surface area (Å²) in [6.07, 6.45) is 1.13. The smallest absolute Gasteiger partial charge is 0.183 e. The predicted molar refractivity (Wildman–Crippen MR) is 67.9 cm³/mol. The number of anilines is 1. The summed E-state index contributed by atoms with van der Waals surface area (Å²) in [6, 6.07) is 4.31. The lowest BCUT2D eigenvalue weighted by atomic mass is 10.1. The molecule has 0 fully saturated rings. The molecule has 0 unspecified atom stereocenters. The maximum Gasteiger partial charge on any atom is 0.183 e. The second-order valence-electron chi connectivity index (χ2n) is 3.82. The van der Waals surface area contributed by atoms with Gasteiger partial charge in [-0.05, 0) is 31.4 Å². The fourth-order valence-electron chi connectivity index (χ4n) is 1.57. The van der Waals surface area contributed by atoms with Crippen molar-refractivity contribution in [3.63, 3.8) is 0 Å². The van der Waals surface area contributed by atoms with Crippen LogP contribution in [0.1, 0.15) is 24.5 Å². The molecule has 0 saturated heterocycles. The Bertz CT molecular complexity index is 435. The number of rotatable bonds is 3. The molecule has 0 spiro atoms. The van der Waals surface area contributed by atoms with Crippen LogP contribution in [0.25, 0.3) is 10.2 Å². The van der Waals surface area contributed by atoms with Crippen molar-refractivity contribution in [1.29, 1.82) is 0 Å². The summed E-state index contributed by atoms with van der Waals surface area (Å²) in [5.41, 5.74) is 3.73. The maximum atomic E-state index is 4.62. The van der Waals surface area contributed by atoms with Crippen LogP contribution in [0.4, 0.5) is 5.13 Å². The zero-order valence-corrected chi connectivity index (χ0v) is 10.2. The molecular weight excluding hydrogens is 204 g/mol. The summed E-state index contributed by atoms with van der Waals surface area (Å²) in [5.74, 6) is 0. The second kappa shape index (κ2) is 4.19. The van der Waals surface area contributed by atoms with Gasteiger partial charge >= 0.3 is 0 Å². The number of thiazole rings is 1. The van der Waals surface area contributed by atoms with Crippen molar-refractivity contribution in [3.05, 3.63) is 23.3 Å². The number of aryl methyl sites for hydroxylation is 2. The average Bonchev–Trinajstić information content (AvgIpc) is 2.66. The van der Waals surface area contributed by atoms with Crippen LogP contribution in [-0.2, 0) is 0 Å². The molecule has 1 N–H and O–H groups in total. The summed E-state index contributed by atoms with van der Waals surface area (Å²) in [4.78, 5) is 4.62. The van der Waals surface area contributed by atoms with Crippen LogP contribution in [0.2, 0.25) is 0 Å². The van der Waals surface area contributed by atoms with Gasteiger partial charge in [0, 0.05) is 6.54 Å². The first kappa shape index (κ1) is 10.4. The number of nitrogens with one attached hydrogen (secondary N) is 1. The standard InChI is InChI=1S/C12H16N2S/c1-4-7-13-12-14-10-8(2)5-6-9(3)11(10)15-12/h5-6H,4,7H2,1-3H3,(H,13,14). The van der Waals surface area contributed by atoms with Gasteiger partial charge in [0.1, 0.15) is 0 Å². The van der Waals surface area contributed by atoms with Crippen molar-refractivity contribution in [2.24, 2.45) is 0 Å². The van der Waals surface area contributed by atoms with Crippen LogP contribution < -0.4 is 5.32 Å². The zero-order chi connectivity index (χ0) is 10.8. The molecule has 1 aromatic heterocycles. The van der Waals surface area contributed by atoms with Crippen LogP contribution in [-0.4, -0.2) is 11.5 Å². The Hall–Kier alpha value is -1.09. The highest BCUT2D eigenvalue weighted by Gasteiger charge is 2.07. The second-order valence-corrected chi connectivity index (χ2v) is 4.82. The van der Waals surface area contributed by atoms with Gasteiger partial charge in [0.25, 0.3) is 0 Å². The molecule has 15 heavy (non-hydrogen) atoms. The molecule has 0 saturated carbocycles. The topological polar surface area (TPSA) is 24.9 Å². The van der Waals surface area contributed by atoms with Gasteiger partial charge in [-0.1, -0.05) is 30.4 Å². The van der Waals surface area contributed by atoms with E-state index in [0.717, 1.165) is 23.6 Å². The van der Waals surface area contributed by atoms with Crippen LogP contribution in [0, 0.1) is 13.8 Å². The maximum absolute atomic E-state index is 4.62.